The molecule has 204 valence electrons. The van der Waals surface area contributed by atoms with Crippen molar-refractivity contribution in [2.24, 2.45) is 10.2 Å². The summed E-state index contributed by atoms with van der Waals surface area (Å²) in [5, 5.41) is 21.3. The highest BCUT2D eigenvalue weighted by Crippen LogP contribution is 2.33. The maximum absolute atomic E-state index is 14.7. The molecular weight excluding hydrogens is 506 g/mol. The maximum Gasteiger partial charge on any atom is 0.227 e. The molecule has 4 rings (SSSR count). The number of hydrogen-bond acceptors (Lipinski definition) is 10. The third-order valence-corrected chi connectivity index (χ3v) is 6.62. The number of amides is 1. The van der Waals surface area contributed by atoms with Gasteiger partial charge in [0.15, 0.2) is 11.6 Å². The summed E-state index contributed by atoms with van der Waals surface area (Å²) in [6.45, 7) is 10.5. The number of aromatic nitrogens is 2. The molecule has 11 nitrogen and oxygen atoms in total. The summed E-state index contributed by atoms with van der Waals surface area (Å²) in [4.78, 5) is 25.3. The summed E-state index contributed by atoms with van der Waals surface area (Å²) in [6.07, 6.45) is 3.84. The zero-order valence-corrected chi connectivity index (χ0v) is 22.1. The van der Waals surface area contributed by atoms with Crippen LogP contribution in [0.2, 0.25) is 0 Å². The molecule has 1 fully saturated rings. The molecule has 2 aliphatic rings. The van der Waals surface area contributed by atoms with Crippen LogP contribution in [0, 0.1) is 23.0 Å². The van der Waals surface area contributed by atoms with Crippen molar-refractivity contribution in [3.63, 3.8) is 0 Å². The van der Waals surface area contributed by atoms with Gasteiger partial charge in [-0.3, -0.25) is 14.7 Å². The second-order valence-corrected chi connectivity index (χ2v) is 9.11. The highest BCUT2D eigenvalue weighted by Gasteiger charge is 2.30. The number of amidine groups is 1. The molecule has 0 bridgehead atoms. The van der Waals surface area contributed by atoms with Crippen LogP contribution in [0.25, 0.3) is 0 Å². The number of rotatable bonds is 8. The van der Waals surface area contributed by atoms with Gasteiger partial charge in [-0.2, -0.15) is 20.4 Å². The van der Waals surface area contributed by atoms with Gasteiger partial charge in [0.1, 0.15) is 17.5 Å². The zero-order valence-electron chi connectivity index (χ0n) is 22.1. The highest BCUT2D eigenvalue weighted by molar-refractivity contribution is 6.08. The third kappa shape index (κ3) is 5.95. The molecule has 0 N–H and O–H groups in total. The van der Waals surface area contributed by atoms with Crippen LogP contribution in [0.15, 0.2) is 47.0 Å². The SMILES string of the molecule is C=C(N1CCN(c2ncc(F)c(N(C=O)/C(C)=N\N(C)CC)n2)CC1)N1N=CCC1c1cc(F)cc(C#N)c1. The molecular formula is C26H30F2N10O. The fourth-order valence-electron chi connectivity index (χ4n) is 4.43. The van der Waals surface area contributed by atoms with Crippen molar-refractivity contribution in [2.75, 3.05) is 49.6 Å². The molecule has 1 aromatic heterocycles. The van der Waals surface area contributed by atoms with E-state index in [2.05, 4.69) is 31.6 Å². The summed E-state index contributed by atoms with van der Waals surface area (Å²) < 4.78 is 28.7. The van der Waals surface area contributed by atoms with Gasteiger partial charge in [-0.05, 0) is 37.6 Å². The standard InChI is InChI=1S/C26H30F2N10O/c1-5-34(4)33-18(2)37(17-39)25-23(28)16-30-26(32-25)36-10-8-35(9-11-36)19(3)38-24(6-7-31-38)21-12-20(15-29)13-22(27)14-21/h7,12-14,16-17,24H,3,5-6,8-11H2,1-2,4H3/b33-18-. The third-order valence-electron chi connectivity index (χ3n) is 6.62. The van der Waals surface area contributed by atoms with Gasteiger partial charge in [0.25, 0.3) is 0 Å². The lowest BCUT2D eigenvalue weighted by molar-refractivity contribution is -0.106. The zero-order chi connectivity index (χ0) is 28.1. The predicted molar refractivity (Wildman–Crippen MR) is 144 cm³/mol. The van der Waals surface area contributed by atoms with E-state index in [1.807, 2.05) is 17.9 Å². The van der Waals surface area contributed by atoms with E-state index < -0.39 is 11.6 Å². The normalized spacial score (nSPS) is 17.3. The summed E-state index contributed by atoms with van der Waals surface area (Å²) in [7, 11) is 1.75. The quantitative estimate of drug-likeness (QED) is 0.219. The van der Waals surface area contributed by atoms with Crippen molar-refractivity contribution in [1.29, 1.82) is 5.26 Å². The number of carbonyl (C=O) groups is 1. The van der Waals surface area contributed by atoms with E-state index in [0.717, 1.165) is 11.1 Å². The van der Waals surface area contributed by atoms with Gasteiger partial charge in [-0.15, -0.1) is 0 Å². The van der Waals surface area contributed by atoms with Gasteiger partial charge in [0, 0.05) is 52.4 Å². The molecule has 0 spiro atoms. The molecule has 2 aliphatic heterocycles. The molecule has 0 aliphatic carbocycles. The number of hydrogen-bond donors (Lipinski definition) is 0. The monoisotopic (exact) mass is 536 g/mol. The predicted octanol–water partition coefficient (Wildman–Crippen LogP) is 2.90. The van der Waals surface area contributed by atoms with Crippen molar-refractivity contribution in [3.8, 4) is 6.07 Å². The highest BCUT2D eigenvalue weighted by atomic mass is 19.1. The maximum atomic E-state index is 14.7. The minimum Gasteiger partial charge on any atom is -0.354 e. The van der Waals surface area contributed by atoms with E-state index in [-0.39, 0.29) is 23.3 Å². The van der Waals surface area contributed by atoms with Crippen LogP contribution in [0.1, 0.15) is 37.4 Å². The number of piperazine rings is 1. The van der Waals surface area contributed by atoms with Crippen LogP contribution in [0.3, 0.4) is 0 Å². The Morgan fingerprint density at radius 3 is 2.69 bits per heavy atom. The average molecular weight is 537 g/mol. The molecule has 1 amide bonds. The van der Waals surface area contributed by atoms with Crippen molar-refractivity contribution < 1.29 is 13.6 Å². The largest absolute Gasteiger partial charge is 0.354 e. The van der Waals surface area contributed by atoms with E-state index >= 15 is 0 Å². The Morgan fingerprint density at radius 1 is 1.28 bits per heavy atom. The van der Waals surface area contributed by atoms with Crippen molar-refractivity contribution >= 4 is 30.2 Å². The van der Waals surface area contributed by atoms with Crippen LogP contribution in [0.4, 0.5) is 20.5 Å². The molecule has 0 radical (unpaired) electrons. The molecule has 1 atom stereocenters. The Balaban J connectivity index is 1.46. The number of benzene rings is 1. The topological polar surface area (TPSA) is 108 Å². The smallest absolute Gasteiger partial charge is 0.227 e. The summed E-state index contributed by atoms with van der Waals surface area (Å²) in [5.41, 5.74) is 0.904. The number of nitriles is 1. The minimum absolute atomic E-state index is 0.173. The van der Waals surface area contributed by atoms with Crippen molar-refractivity contribution in [3.05, 3.63) is 59.6 Å². The molecule has 1 aromatic carbocycles. The Morgan fingerprint density at radius 2 is 2.03 bits per heavy atom. The van der Waals surface area contributed by atoms with Gasteiger partial charge >= 0.3 is 0 Å². The first-order chi connectivity index (χ1) is 18.7. The van der Waals surface area contributed by atoms with E-state index in [4.69, 9.17) is 0 Å². The summed E-state index contributed by atoms with van der Waals surface area (Å²) >= 11 is 0. The molecule has 0 saturated carbocycles. The van der Waals surface area contributed by atoms with Gasteiger partial charge < -0.3 is 9.80 Å². The van der Waals surface area contributed by atoms with Crippen LogP contribution in [0.5, 0.6) is 0 Å². The lowest BCUT2D eigenvalue weighted by Gasteiger charge is -2.40. The van der Waals surface area contributed by atoms with Crippen molar-refractivity contribution in [2.45, 2.75) is 26.3 Å². The molecule has 13 heteroatoms. The van der Waals surface area contributed by atoms with Crippen LogP contribution in [-0.2, 0) is 4.79 Å². The average Bonchev–Trinajstić information content (AvgIpc) is 3.44. The first-order valence-corrected chi connectivity index (χ1v) is 12.5. The van der Waals surface area contributed by atoms with Crippen LogP contribution < -0.4 is 9.80 Å². The summed E-state index contributed by atoms with van der Waals surface area (Å²) in [5.74, 6) is -0.160. The minimum atomic E-state index is -0.735. The van der Waals surface area contributed by atoms with Gasteiger partial charge in [0.05, 0.1) is 23.9 Å². The number of carbonyl (C=O) groups excluding carboxylic acids is 1. The first kappa shape index (κ1) is 27.4. The number of hydrazone groups is 2. The van der Waals surface area contributed by atoms with E-state index in [1.54, 1.807) is 36.3 Å². The van der Waals surface area contributed by atoms with Crippen LogP contribution >= 0.6 is 0 Å². The van der Waals surface area contributed by atoms with Gasteiger partial charge in [-0.25, -0.2) is 18.8 Å². The number of anilines is 2. The molecule has 1 saturated heterocycles. The molecule has 3 heterocycles. The molecule has 2 aromatic rings. The van der Waals surface area contributed by atoms with E-state index in [1.165, 1.54) is 12.1 Å². The number of nitrogens with zero attached hydrogens (tertiary/aromatic N) is 10. The fraction of sp³-hybridized carbons (Fsp3) is 0.385. The Bertz CT molecular complexity index is 1330. The fourth-order valence-corrected chi connectivity index (χ4v) is 4.43. The Hall–Kier alpha value is -4.60. The Kier molecular flexibility index (Phi) is 8.33. The van der Waals surface area contributed by atoms with E-state index in [0.29, 0.717) is 62.9 Å². The van der Waals surface area contributed by atoms with Crippen molar-refractivity contribution in [1.82, 2.24) is 24.9 Å². The van der Waals surface area contributed by atoms with E-state index in [9.17, 15) is 18.8 Å². The number of halogens is 2. The summed E-state index contributed by atoms with van der Waals surface area (Å²) in [6, 6.07) is 6.00. The van der Waals surface area contributed by atoms with Gasteiger partial charge in [0.2, 0.25) is 12.4 Å². The lowest BCUT2D eigenvalue weighted by Crippen LogP contribution is -2.48. The Labute approximate surface area is 225 Å². The lowest BCUT2D eigenvalue weighted by atomic mass is 10.0. The second kappa shape index (κ2) is 11.8. The molecule has 39 heavy (non-hydrogen) atoms. The van der Waals surface area contributed by atoms with Crippen LogP contribution in [-0.4, -0.2) is 83.1 Å². The second-order valence-electron chi connectivity index (χ2n) is 9.11. The molecule has 1 unspecified atom stereocenters. The first-order valence-electron chi connectivity index (χ1n) is 12.5. The van der Waals surface area contributed by atoms with Gasteiger partial charge in [-0.1, -0.05) is 6.58 Å².